The molecule has 1 aliphatic heterocycles. The number of rotatable bonds is 4. The van der Waals surface area contributed by atoms with Crippen LogP contribution < -0.4 is 5.73 Å². The maximum Gasteiger partial charge on any atom is 0.410 e. The number of carbonyl (C=O) groups excluding carboxylic acids is 2. The number of piperidine rings is 1. The zero-order chi connectivity index (χ0) is 24.6. The largest absolute Gasteiger partial charge is 0.464 e. The Hall–Kier alpha value is -3.63. The first kappa shape index (κ1) is 23.5. The molecule has 0 aliphatic carbocycles. The Morgan fingerprint density at radius 2 is 1.97 bits per heavy atom. The number of nitrogens with zero attached hydrogens (tertiary/aromatic N) is 6. The lowest BCUT2D eigenvalue weighted by Gasteiger charge is -2.39. The van der Waals surface area contributed by atoms with Crippen LogP contribution in [-0.4, -0.2) is 66.1 Å². The maximum absolute atomic E-state index is 13.0. The molecule has 2 atom stereocenters. The first-order valence-electron chi connectivity index (χ1n) is 11.3. The van der Waals surface area contributed by atoms with Gasteiger partial charge in [0.1, 0.15) is 18.0 Å². The zero-order valence-electron chi connectivity index (χ0n) is 20.2. The molecule has 0 spiro atoms. The molecule has 4 rings (SSSR count). The zero-order valence-corrected chi connectivity index (χ0v) is 20.2. The van der Waals surface area contributed by atoms with Crippen molar-refractivity contribution >= 4 is 23.5 Å². The highest BCUT2D eigenvalue weighted by molar-refractivity contribution is 5.77. The molecule has 3 aromatic rings. The number of fused-ring (bicyclic) bond motifs is 1. The van der Waals surface area contributed by atoms with Crippen LogP contribution in [0, 0.1) is 0 Å². The van der Waals surface area contributed by atoms with E-state index in [4.69, 9.17) is 20.2 Å². The molecule has 11 nitrogen and oxygen atoms in total. The molecule has 1 saturated heterocycles. The van der Waals surface area contributed by atoms with Crippen molar-refractivity contribution in [2.24, 2.45) is 7.05 Å². The van der Waals surface area contributed by atoms with Crippen LogP contribution in [-0.2, 0) is 21.3 Å². The smallest absolute Gasteiger partial charge is 0.410 e. The summed E-state index contributed by atoms with van der Waals surface area (Å²) in [4.78, 5) is 30.9. The molecule has 1 amide bonds. The first-order chi connectivity index (χ1) is 16.0. The predicted molar refractivity (Wildman–Crippen MR) is 125 cm³/mol. The highest BCUT2D eigenvalue weighted by Gasteiger charge is 2.36. The van der Waals surface area contributed by atoms with Gasteiger partial charge >= 0.3 is 12.1 Å². The summed E-state index contributed by atoms with van der Waals surface area (Å²) in [6.45, 7) is 7.33. The number of nitrogens with two attached hydrogens (primary N) is 1. The summed E-state index contributed by atoms with van der Waals surface area (Å²) in [5.74, 6) is 0.0147. The summed E-state index contributed by atoms with van der Waals surface area (Å²) in [7, 11) is 1.85. The third-order valence-electron chi connectivity index (χ3n) is 5.77. The van der Waals surface area contributed by atoms with Crippen molar-refractivity contribution in [2.45, 2.75) is 58.1 Å². The minimum atomic E-state index is -0.645. The van der Waals surface area contributed by atoms with E-state index in [1.165, 1.54) is 6.92 Å². The van der Waals surface area contributed by atoms with Crippen molar-refractivity contribution in [1.29, 1.82) is 0 Å². The first-order valence-corrected chi connectivity index (χ1v) is 11.3. The third kappa shape index (κ3) is 4.97. The SMILES string of the molecule is CC(=O)OC[C@@H]1CC[C@H](c2cc(N)n3ncc(-c4cnn(C)c4)c3n2)CN1C(=O)OC(C)(C)C. The van der Waals surface area contributed by atoms with Crippen molar-refractivity contribution < 1.29 is 19.1 Å². The highest BCUT2D eigenvalue weighted by Crippen LogP contribution is 2.33. The van der Waals surface area contributed by atoms with Gasteiger partial charge in [0, 0.05) is 49.8 Å². The number of anilines is 1. The predicted octanol–water partition coefficient (Wildman–Crippen LogP) is 2.76. The van der Waals surface area contributed by atoms with Gasteiger partial charge in [0.15, 0.2) is 5.65 Å². The Labute approximate surface area is 197 Å². The van der Waals surface area contributed by atoms with Crippen molar-refractivity contribution in [3.63, 3.8) is 0 Å². The van der Waals surface area contributed by atoms with Gasteiger partial charge in [-0.2, -0.15) is 14.7 Å². The number of aryl methyl sites for hydroxylation is 1. The third-order valence-corrected chi connectivity index (χ3v) is 5.77. The van der Waals surface area contributed by atoms with Crippen LogP contribution in [0.3, 0.4) is 0 Å². The van der Waals surface area contributed by atoms with Gasteiger partial charge in [0.25, 0.3) is 0 Å². The van der Waals surface area contributed by atoms with Crippen LogP contribution >= 0.6 is 0 Å². The number of likely N-dealkylation sites (tertiary alicyclic amines) is 1. The Morgan fingerprint density at radius 1 is 1.21 bits per heavy atom. The van der Waals surface area contributed by atoms with Crippen molar-refractivity contribution in [3.8, 4) is 11.1 Å². The molecule has 1 fully saturated rings. The molecule has 0 radical (unpaired) electrons. The van der Waals surface area contributed by atoms with Gasteiger partial charge in [0.2, 0.25) is 0 Å². The molecule has 4 heterocycles. The van der Waals surface area contributed by atoms with Gasteiger partial charge < -0.3 is 20.1 Å². The summed E-state index contributed by atoms with van der Waals surface area (Å²) in [6, 6.07) is 1.54. The number of aromatic nitrogens is 5. The van der Waals surface area contributed by atoms with Crippen LogP contribution in [0.4, 0.5) is 10.6 Å². The minimum Gasteiger partial charge on any atom is -0.464 e. The second kappa shape index (κ2) is 8.96. The standard InChI is InChI=1S/C23H31N7O4/c1-14(31)33-13-17-7-6-15(12-29(17)22(32)34-23(2,3)4)19-8-20(24)30-21(27-19)18(10-26-30)16-9-25-28(5)11-16/h8-11,15,17H,6-7,12-13,24H2,1-5H3/t15-,17-/m0/s1. The number of carbonyl (C=O) groups is 2. The van der Waals surface area contributed by atoms with Crippen LogP contribution in [0.1, 0.15) is 52.1 Å². The number of amides is 1. The van der Waals surface area contributed by atoms with Crippen molar-refractivity contribution in [3.05, 3.63) is 30.4 Å². The molecule has 11 heteroatoms. The molecule has 0 saturated carbocycles. The van der Waals surface area contributed by atoms with Crippen LogP contribution in [0.25, 0.3) is 16.8 Å². The molecule has 182 valence electrons. The van der Waals surface area contributed by atoms with Gasteiger partial charge in [-0.1, -0.05) is 0 Å². The topological polar surface area (TPSA) is 130 Å². The Kier molecular flexibility index (Phi) is 6.20. The number of nitrogen functional groups attached to an aromatic ring is 1. The summed E-state index contributed by atoms with van der Waals surface area (Å²) < 4.78 is 14.2. The molecule has 1 aliphatic rings. The van der Waals surface area contributed by atoms with E-state index in [9.17, 15) is 9.59 Å². The number of hydrogen-bond donors (Lipinski definition) is 1. The fourth-order valence-corrected chi connectivity index (χ4v) is 4.18. The molecular weight excluding hydrogens is 438 g/mol. The highest BCUT2D eigenvalue weighted by atomic mass is 16.6. The monoisotopic (exact) mass is 469 g/mol. The summed E-state index contributed by atoms with van der Waals surface area (Å²) in [5, 5.41) is 8.62. The molecule has 34 heavy (non-hydrogen) atoms. The van der Waals surface area contributed by atoms with Crippen molar-refractivity contribution in [1.82, 2.24) is 29.3 Å². The van der Waals surface area contributed by atoms with Crippen LogP contribution in [0.5, 0.6) is 0 Å². The average molecular weight is 470 g/mol. The fraction of sp³-hybridized carbons (Fsp3) is 0.522. The van der Waals surface area contributed by atoms with Gasteiger partial charge in [0.05, 0.1) is 24.1 Å². The van der Waals surface area contributed by atoms with E-state index in [0.29, 0.717) is 24.4 Å². The van der Waals surface area contributed by atoms with Crippen LogP contribution in [0.15, 0.2) is 24.7 Å². The van der Waals surface area contributed by atoms with E-state index < -0.39 is 11.7 Å². The van der Waals surface area contributed by atoms with Gasteiger partial charge in [-0.25, -0.2) is 9.78 Å². The lowest BCUT2D eigenvalue weighted by Crippen LogP contribution is -2.50. The average Bonchev–Trinajstić information content (AvgIpc) is 3.37. The van der Waals surface area contributed by atoms with E-state index in [2.05, 4.69) is 10.2 Å². The Bertz CT molecular complexity index is 1210. The quantitative estimate of drug-likeness (QED) is 0.577. The second-order valence-corrected chi connectivity index (χ2v) is 9.67. The lowest BCUT2D eigenvalue weighted by molar-refractivity contribution is -0.143. The van der Waals surface area contributed by atoms with Gasteiger partial charge in [-0.15, -0.1) is 0 Å². The number of hydrogen-bond acceptors (Lipinski definition) is 8. The summed E-state index contributed by atoms with van der Waals surface area (Å²) in [5.41, 5.74) is 8.80. The lowest BCUT2D eigenvalue weighted by atomic mass is 9.90. The minimum absolute atomic E-state index is 0.0648. The normalized spacial score (nSPS) is 18.8. The van der Waals surface area contributed by atoms with E-state index >= 15 is 0 Å². The Balaban J connectivity index is 1.65. The molecule has 0 aromatic carbocycles. The molecule has 0 bridgehead atoms. The fourth-order valence-electron chi connectivity index (χ4n) is 4.18. The maximum atomic E-state index is 13.0. The Morgan fingerprint density at radius 3 is 2.62 bits per heavy atom. The van der Waals surface area contributed by atoms with E-state index in [-0.39, 0.29) is 24.5 Å². The molecule has 3 aromatic heterocycles. The van der Waals surface area contributed by atoms with Gasteiger partial charge in [-0.3, -0.25) is 9.48 Å². The summed E-state index contributed by atoms with van der Waals surface area (Å²) in [6.07, 6.45) is 6.33. The molecule has 2 N–H and O–H groups in total. The van der Waals surface area contributed by atoms with Crippen LogP contribution in [0.2, 0.25) is 0 Å². The van der Waals surface area contributed by atoms with Gasteiger partial charge in [-0.05, 0) is 33.6 Å². The second-order valence-electron chi connectivity index (χ2n) is 9.67. The summed E-state index contributed by atoms with van der Waals surface area (Å²) >= 11 is 0. The molecule has 0 unspecified atom stereocenters. The number of esters is 1. The number of ether oxygens (including phenoxy) is 2. The van der Waals surface area contributed by atoms with E-state index in [0.717, 1.165) is 23.2 Å². The van der Waals surface area contributed by atoms with E-state index in [1.807, 2.05) is 34.0 Å². The van der Waals surface area contributed by atoms with Crippen molar-refractivity contribution in [2.75, 3.05) is 18.9 Å². The van der Waals surface area contributed by atoms with E-state index in [1.54, 1.807) is 32.6 Å². The molecular formula is C23H31N7O4.